The highest BCUT2D eigenvalue weighted by atomic mass is 32.2. The molecule has 4 rings (SSSR count). The van der Waals surface area contributed by atoms with Gasteiger partial charge in [0.05, 0.1) is 0 Å². The van der Waals surface area contributed by atoms with Crippen molar-refractivity contribution in [3.63, 3.8) is 0 Å². The third kappa shape index (κ3) is 3.37. The highest BCUT2D eigenvalue weighted by Gasteiger charge is 2.27. The molecule has 0 aliphatic carbocycles. The lowest BCUT2D eigenvalue weighted by Gasteiger charge is -2.11. The Kier molecular flexibility index (Phi) is 4.70. The van der Waals surface area contributed by atoms with Crippen molar-refractivity contribution in [3.05, 3.63) is 71.0 Å². The van der Waals surface area contributed by atoms with Crippen LogP contribution in [0.2, 0.25) is 0 Å². The van der Waals surface area contributed by atoms with E-state index in [1.165, 1.54) is 25.8 Å². The number of anilines is 2. The highest BCUT2D eigenvalue weighted by molar-refractivity contribution is 7.91. The molecule has 1 aromatic carbocycles. The first-order valence-corrected chi connectivity index (χ1v) is 9.85. The second-order valence-electron chi connectivity index (χ2n) is 6.14. The summed E-state index contributed by atoms with van der Waals surface area (Å²) in [6.45, 7) is 0. The summed E-state index contributed by atoms with van der Waals surface area (Å²) < 4.78 is 53.9. The maximum Gasteiger partial charge on any atom is 0.271 e. The summed E-state index contributed by atoms with van der Waals surface area (Å²) in [6, 6.07) is 4.65. The van der Waals surface area contributed by atoms with Gasteiger partial charge in [-0.15, -0.1) is 0 Å². The van der Waals surface area contributed by atoms with Crippen LogP contribution in [0.3, 0.4) is 0 Å². The molecule has 0 saturated heterocycles. The average Bonchev–Trinajstić information content (AvgIpc) is 2.71. The number of nitrogens with one attached hydrogen (secondary N) is 1. The van der Waals surface area contributed by atoms with Gasteiger partial charge in [0.15, 0.2) is 0 Å². The molecule has 0 saturated carbocycles. The Balaban J connectivity index is 1.84. The van der Waals surface area contributed by atoms with Gasteiger partial charge in [0.2, 0.25) is 15.8 Å². The Hall–Kier alpha value is -3.80. The molecule has 4 aromatic rings. The van der Waals surface area contributed by atoms with Crippen molar-refractivity contribution in [2.45, 2.75) is 9.79 Å². The number of benzene rings is 1. The van der Waals surface area contributed by atoms with Crippen molar-refractivity contribution in [3.8, 4) is 0 Å². The number of rotatable bonds is 4. The van der Waals surface area contributed by atoms with Crippen LogP contribution < -0.4 is 10.9 Å². The van der Waals surface area contributed by atoms with E-state index in [-0.39, 0.29) is 17.0 Å². The first-order valence-electron chi connectivity index (χ1n) is 8.37. The van der Waals surface area contributed by atoms with Gasteiger partial charge >= 0.3 is 0 Å². The van der Waals surface area contributed by atoms with Crippen molar-refractivity contribution in [1.29, 1.82) is 0 Å². The Bertz CT molecular complexity index is 1440. The molecule has 1 N–H and O–H groups in total. The number of aromatic nitrogens is 5. The number of aryl methyl sites for hydroxylation is 1. The van der Waals surface area contributed by atoms with Gasteiger partial charge in [-0.2, -0.15) is 4.98 Å². The standard InChI is InChI=1S/C18H12F2N6O3S/c1-26-16-10(8-22-18(25-16)24-15-4-5-21-9-23-15)6-14(17(26)27)30(28,29)13-3-2-11(19)7-12(13)20/h2-9H,1H3,(H,21,22,23,24,25). The topological polar surface area (TPSA) is 120 Å². The largest absolute Gasteiger partial charge is 0.309 e. The van der Waals surface area contributed by atoms with E-state index in [0.717, 1.165) is 22.8 Å². The van der Waals surface area contributed by atoms with E-state index in [1.807, 2.05) is 0 Å². The summed E-state index contributed by atoms with van der Waals surface area (Å²) in [6.07, 6.45) is 4.15. The molecule has 0 fully saturated rings. The van der Waals surface area contributed by atoms with Crippen molar-refractivity contribution < 1.29 is 17.2 Å². The molecule has 12 heteroatoms. The van der Waals surface area contributed by atoms with Gasteiger partial charge < -0.3 is 5.32 Å². The fourth-order valence-corrected chi connectivity index (χ4v) is 4.21. The van der Waals surface area contributed by atoms with E-state index in [0.29, 0.717) is 11.9 Å². The van der Waals surface area contributed by atoms with Crippen LogP contribution in [0.1, 0.15) is 0 Å². The first-order chi connectivity index (χ1) is 14.3. The van der Waals surface area contributed by atoms with Crippen molar-refractivity contribution in [2.75, 3.05) is 5.32 Å². The molecule has 0 aliphatic heterocycles. The Labute approximate surface area is 168 Å². The van der Waals surface area contributed by atoms with Gasteiger partial charge in [0.1, 0.15) is 39.2 Å². The third-order valence-corrected chi connectivity index (χ3v) is 5.99. The first kappa shape index (κ1) is 19.5. The fourth-order valence-electron chi connectivity index (χ4n) is 2.76. The van der Waals surface area contributed by atoms with Crippen LogP contribution in [0, 0.1) is 11.6 Å². The van der Waals surface area contributed by atoms with Crippen LogP contribution in [-0.4, -0.2) is 32.9 Å². The van der Waals surface area contributed by atoms with Gasteiger partial charge in [0, 0.05) is 30.9 Å². The monoisotopic (exact) mass is 430 g/mol. The van der Waals surface area contributed by atoms with Gasteiger partial charge in [-0.25, -0.2) is 32.2 Å². The molecule has 3 heterocycles. The number of pyridine rings is 1. The smallest absolute Gasteiger partial charge is 0.271 e. The summed E-state index contributed by atoms with van der Waals surface area (Å²) in [7, 11) is -3.23. The lowest BCUT2D eigenvalue weighted by atomic mass is 10.3. The van der Waals surface area contributed by atoms with Crippen molar-refractivity contribution >= 4 is 32.6 Å². The van der Waals surface area contributed by atoms with Crippen LogP contribution in [0.5, 0.6) is 0 Å². The molecule has 0 unspecified atom stereocenters. The molecule has 152 valence electrons. The third-order valence-electron chi connectivity index (χ3n) is 4.21. The van der Waals surface area contributed by atoms with Crippen LogP contribution in [0.15, 0.2) is 63.6 Å². The minimum absolute atomic E-state index is 0.122. The zero-order valence-electron chi connectivity index (χ0n) is 15.2. The zero-order valence-corrected chi connectivity index (χ0v) is 16.1. The molecule has 0 aliphatic rings. The minimum Gasteiger partial charge on any atom is -0.309 e. The predicted octanol–water partition coefficient (Wildman–Crippen LogP) is 1.97. The lowest BCUT2D eigenvalue weighted by molar-refractivity contribution is 0.548. The van der Waals surface area contributed by atoms with Gasteiger partial charge in [-0.3, -0.25) is 9.36 Å². The van der Waals surface area contributed by atoms with Crippen LogP contribution in [0.4, 0.5) is 20.5 Å². The van der Waals surface area contributed by atoms with E-state index >= 15 is 0 Å². The van der Waals surface area contributed by atoms with Crippen molar-refractivity contribution in [2.24, 2.45) is 7.05 Å². The van der Waals surface area contributed by atoms with Crippen molar-refractivity contribution in [1.82, 2.24) is 24.5 Å². The second-order valence-corrected chi connectivity index (χ2v) is 8.03. The molecule has 9 nitrogen and oxygen atoms in total. The molecular weight excluding hydrogens is 418 g/mol. The quantitative estimate of drug-likeness (QED) is 0.488. The molecule has 0 amide bonds. The number of fused-ring (bicyclic) bond motifs is 1. The van der Waals surface area contributed by atoms with Gasteiger partial charge in [0.25, 0.3) is 5.56 Å². The summed E-state index contributed by atoms with van der Waals surface area (Å²) in [5.74, 6) is -1.69. The highest BCUT2D eigenvalue weighted by Crippen LogP contribution is 2.24. The Morgan fingerprint density at radius 1 is 1.07 bits per heavy atom. The van der Waals surface area contributed by atoms with Crippen LogP contribution in [0.25, 0.3) is 11.0 Å². The number of halogens is 2. The molecular formula is C18H12F2N6O3S. The molecule has 0 radical (unpaired) electrons. The van der Waals surface area contributed by atoms with Gasteiger partial charge in [-0.05, 0) is 24.3 Å². The number of hydrogen-bond donors (Lipinski definition) is 1. The molecule has 3 aromatic heterocycles. The number of nitrogens with zero attached hydrogens (tertiary/aromatic N) is 5. The average molecular weight is 430 g/mol. The molecule has 0 atom stereocenters. The van der Waals surface area contributed by atoms with E-state index < -0.39 is 36.8 Å². The van der Waals surface area contributed by atoms with Gasteiger partial charge in [-0.1, -0.05) is 0 Å². The summed E-state index contributed by atoms with van der Waals surface area (Å²) in [4.78, 5) is 27.3. The van der Waals surface area contributed by atoms with E-state index in [1.54, 1.807) is 6.07 Å². The Morgan fingerprint density at radius 2 is 1.87 bits per heavy atom. The SMILES string of the molecule is Cn1c(=O)c(S(=O)(=O)c2ccc(F)cc2F)cc2cnc(Nc3ccncn3)nc21. The molecule has 0 spiro atoms. The van der Waals surface area contributed by atoms with E-state index in [9.17, 15) is 22.0 Å². The van der Waals surface area contributed by atoms with Crippen LogP contribution >= 0.6 is 0 Å². The fraction of sp³-hybridized carbons (Fsp3) is 0.0556. The second kappa shape index (κ2) is 7.22. The molecule has 30 heavy (non-hydrogen) atoms. The lowest BCUT2D eigenvalue weighted by Crippen LogP contribution is -2.25. The minimum atomic E-state index is -4.55. The maximum atomic E-state index is 14.1. The maximum absolute atomic E-state index is 14.1. The zero-order chi connectivity index (χ0) is 21.5. The summed E-state index contributed by atoms with van der Waals surface area (Å²) >= 11 is 0. The molecule has 0 bridgehead atoms. The summed E-state index contributed by atoms with van der Waals surface area (Å²) in [5, 5.41) is 3.06. The van der Waals surface area contributed by atoms with E-state index in [2.05, 4.69) is 25.3 Å². The summed E-state index contributed by atoms with van der Waals surface area (Å²) in [5.41, 5.74) is -0.775. The number of hydrogen-bond acceptors (Lipinski definition) is 8. The van der Waals surface area contributed by atoms with Crippen LogP contribution in [-0.2, 0) is 16.9 Å². The Morgan fingerprint density at radius 3 is 2.57 bits per heavy atom. The normalized spacial score (nSPS) is 11.6. The van der Waals surface area contributed by atoms with E-state index in [4.69, 9.17) is 0 Å². The number of sulfone groups is 1. The predicted molar refractivity (Wildman–Crippen MR) is 102 cm³/mol.